The predicted molar refractivity (Wildman–Crippen MR) is 199 cm³/mol. The van der Waals surface area contributed by atoms with Crippen molar-refractivity contribution in [3.05, 3.63) is 70.7 Å². The van der Waals surface area contributed by atoms with Crippen molar-refractivity contribution in [1.82, 2.24) is 17.8 Å². The Morgan fingerprint density at radius 3 is 1.90 bits per heavy atom. The molecule has 9 nitrogen and oxygen atoms in total. The van der Waals surface area contributed by atoms with E-state index in [0.717, 1.165) is 49.1 Å². The predicted octanol–water partition coefficient (Wildman–Crippen LogP) is 6.16. The van der Waals surface area contributed by atoms with Gasteiger partial charge in [-0.25, -0.2) is 8.42 Å². The first-order valence-electron chi connectivity index (χ1n) is 17.6. The Hall–Kier alpha value is -1.80. The van der Waals surface area contributed by atoms with Crippen LogP contribution in [0.3, 0.4) is 0 Å². The Kier molecular flexibility index (Phi) is 13.2. The fourth-order valence-electron chi connectivity index (χ4n) is 7.46. The molecule has 0 spiro atoms. The molecule has 48 heavy (non-hydrogen) atoms. The zero-order chi connectivity index (χ0) is 34.3. The Labute approximate surface area is 298 Å². The van der Waals surface area contributed by atoms with Gasteiger partial charge in [0.15, 0.2) is 0 Å². The normalized spacial score (nSPS) is 21.9. The van der Waals surface area contributed by atoms with E-state index in [1.54, 1.807) is 20.7 Å². The van der Waals surface area contributed by atoms with Gasteiger partial charge in [-0.2, -0.15) is 21.3 Å². The van der Waals surface area contributed by atoms with Crippen LogP contribution in [0.4, 0.5) is 5.69 Å². The molecule has 3 aliphatic rings. The van der Waals surface area contributed by atoms with Crippen molar-refractivity contribution < 1.29 is 16.8 Å². The summed E-state index contributed by atoms with van der Waals surface area (Å²) < 4.78 is 62.3. The zero-order valence-corrected chi connectivity index (χ0v) is 32.0. The highest BCUT2D eigenvalue weighted by atomic mass is 79.9. The van der Waals surface area contributed by atoms with Crippen molar-refractivity contribution in [2.45, 2.75) is 68.6 Å². The average Bonchev–Trinajstić information content (AvgIpc) is 3.07. The van der Waals surface area contributed by atoms with E-state index in [1.807, 2.05) is 43.3 Å². The van der Waals surface area contributed by atoms with Gasteiger partial charge < -0.3 is 9.80 Å². The maximum atomic E-state index is 14.2. The van der Waals surface area contributed by atoms with Crippen LogP contribution in [0.2, 0.25) is 0 Å². The number of sulfonamides is 1. The summed E-state index contributed by atoms with van der Waals surface area (Å²) in [7, 11) is -3.75. The lowest BCUT2D eigenvalue weighted by molar-refractivity contribution is 0.187. The third-order valence-electron chi connectivity index (χ3n) is 10.2. The molecule has 0 radical (unpaired) electrons. The monoisotopic (exact) mass is 763 g/mol. The summed E-state index contributed by atoms with van der Waals surface area (Å²) in [5.74, 6) is 0.970. The summed E-state index contributed by atoms with van der Waals surface area (Å²) in [6.45, 7) is 8.65. The number of hydrogen-bond donors (Lipinski definition) is 0. The van der Waals surface area contributed by atoms with Crippen LogP contribution < -0.4 is 4.90 Å². The summed E-state index contributed by atoms with van der Waals surface area (Å²) in [5, 5.41) is 0. The zero-order valence-electron chi connectivity index (χ0n) is 28.8. The van der Waals surface area contributed by atoms with E-state index in [4.69, 9.17) is 0 Å². The molecular formula is C36H54BrN5O4S2. The van der Waals surface area contributed by atoms with Crippen molar-refractivity contribution in [2.75, 3.05) is 77.9 Å². The van der Waals surface area contributed by atoms with Crippen molar-refractivity contribution >= 4 is 41.8 Å². The van der Waals surface area contributed by atoms with Gasteiger partial charge in [0, 0.05) is 70.1 Å². The minimum Gasteiger partial charge on any atom is -0.378 e. The average molecular weight is 765 g/mol. The molecule has 0 N–H and O–H groups in total. The number of anilines is 1. The van der Waals surface area contributed by atoms with Gasteiger partial charge in [0.05, 0.1) is 4.90 Å². The van der Waals surface area contributed by atoms with Crippen molar-refractivity contribution in [2.24, 2.45) is 5.92 Å². The molecule has 0 unspecified atom stereocenters. The van der Waals surface area contributed by atoms with Gasteiger partial charge in [-0.15, -0.1) is 0 Å². The third-order valence-corrected chi connectivity index (χ3v) is 14.6. The van der Waals surface area contributed by atoms with Crippen molar-refractivity contribution in [3.8, 4) is 0 Å². The Morgan fingerprint density at radius 1 is 0.708 bits per heavy atom. The lowest BCUT2D eigenvalue weighted by atomic mass is 9.89. The van der Waals surface area contributed by atoms with E-state index < -0.39 is 20.2 Å². The maximum absolute atomic E-state index is 14.2. The highest BCUT2D eigenvalue weighted by Gasteiger charge is 2.35. The van der Waals surface area contributed by atoms with Crippen LogP contribution in [0, 0.1) is 5.92 Å². The molecule has 0 atom stereocenters. The molecule has 12 heteroatoms. The van der Waals surface area contributed by atoms with E-state index in [0.29, 0.717) is 50.0 Å². The molecule has 2 aliphatic heterocycles. The van der Waals surface area contributed by atoms with Gasteiger partial charge in [0.1, 0.15) is 0 Å². The van der Waals surface area contributed by atoms with Gasteiger partial charge in [0.2, 0.25) is 10.0 Å². The van der Waals surface area contributed by atoms with Crippen LogP contribution >= 0.6 is 15.9 Å². The van der Waals surface area contributed by atoms with Gasteiger partial charge in [-0.3, -0.25) is 0 Å². The molecule has 5 rings (SSSR count). The highest BCUT2D eigenvalue weighted by Crippen LogP contribution is 2.31. The van der Waals surface area contributed by atoms with Crippen molar-refractivity contribution in [1.29, 1.82) is 0 Å². The summed E-state index contributed by atoms with van der Waals surface area (Å²) in [5.41, 5.74) is 2.74. The van der Waals surface area contributed by atoms with Gasteiger partial charge in [0.25, 0.3) is 10.2 Å². The first kappa shape index (κ1) is 37.5. The molecule has 3 fully saturated rings. The molecule has 2 heterocycles. The maximum Gasteiger partial charge on any atom is 0.282 e. The summed E-state index contributed by atoms with van der Waals surface area (Å²) >= 11 is 3.51. The van der Waals surface area contributed by atoms with Crippen molar-refractivity contribution in [3.63, 3.8) is 0 Å². The Balaban J connectivity index is 1.34. The lowest BCUT2D eigenvalue weighted by Gasteiger charge is -2.36. The number of hydrogen-bond acceptors (Lipinski definition) is 6. The standard InChI is InChI=1S/C36H54BrN5O4S2/c1-30-27-41(47(43,44)36-17-15-35(16-18-36)38(2)3)23-7-21-39(29-31-9-5-4-6-10-31)22-8-24-42(28-30)48(45,46)40-25-19-33(20-26-40)32-11-13-34(37)14-12-32/h11-18,31,33H,1,4-10,19-29H2,2-3H3. The first-order chi connectivity index (χ1) is 22.9. The second-order valence-electron chi connectivity index (χ2n) is 14.1. The van der Waals surface area contributed by atoms with Crippen LogP contribution in [0.15, 0.2) is 70.1 Å². The second kappa shape index (κ2) is 16.9. The lowest BCUT2D eigenvalue weighted by Crippen LogP contribution is -2.49. The fraction of sp³-hybridized carbons (Fsp3) is 0.611. The summed E-state index contributed by atoms with van der Waals surface area (Å²) in [4.78, 5) is 4.64. The van der Waals surface area contributed by atoms with Crippen LogP contribution in [0.5, 0.6) is 0 Å². The molecule has 1 saturated carbocycles. The number of piperidine rings is 1. The molecule has 0 aromatic heterocycles. The van der Waals surface area contributed by atoms with Crippen LogP contribution in [-0.4, -0.2) is 108 Å². The number of nitrogens with zero attached hydrogens (tertiary/aromatic N) is 5. The topological polar surface area (TPSA) is 84.5 Å². The van der Waals surface area contributed by atoms with E-state index >= 15 is 0 Å². The van der Waals surface area contributed by atoms with Crippen LogP contribution in [0.1, 0.15) is 69.3 Å². The van der Waals surface area contributed by atoms with Gasteiger partial charge in [-0.1, -0.05) is 53.9 Å². The molecule has 0 amide bonds. The number of halogens is 1. The molecule has 2 aromatic rings. The van der Waals surface area contributed by atoms with E-state index in [-0.39, 0.29) is 18.0 Å². The quantitative estimate of drug-likeness (QED) is 0.300. The van der Waals surface area contributed by atoms with Crippen LogP contribution in [0.25, 0.3) is 0 Å². The first-order valence-corrected chi connectivity index (χ1v) is 21.2. The summed E-state index contributed by atoms with van der Waals surface area (Å²) in [6, 6.07) is 15.3. The SMILES string of the molecule is C=C1CN(S(=O)(=O)c2ccc(N(C)C)cc2)CCCN(CC2CCCCC2)CCCN(S(=O)(=O)N2CCC(c3ccc(Br)cc3)CC2)C1. The minimum absolute atomic E-state index is 0.0814. The Bertz CT molecular complexity index is 1550. The second-order valence-corrected chi connectivity index (χ2v) is 18.8. The Morgan fingerprint density at radius 2 is 1.29 bits per heavy atom. The fourth-order valence-corrected chi connectivity index (χ4v) is 10.9. The van der Waals surface area contributed by atoms with E-state index in [9.17, 15) is 16.8 Å². The smallest absolute Gasteiger partial charge is 0.282 e. The van der Waals surface area contributed by atoms with Gasteiger partial charge in [-0.05, 0) is 111 Å². The minimum atomic E-state index is -3.83. The third kappa shape index (κ3) is 9.70. The largest absolute Gasteiger partial charge is 0.378 e. The van der Waals surface area contributed by atoms with Crippen LogP contribution in [-0.2, 0) is 20.2 Å². The molecule has 266 valence electrons. The highest BCUT2D eigenvalue weighted by molar-refractivity contribution is 9.10. The van der Waals surface area contributed by atoms with E-state index in [2.05, 4.69) is 39.5 Å². The molecule has 0 bridgehead atoms. The molecule has 2 saturated heterocycles. The molecular weight excluding hydrogens is 710 g/mol. The molecule has 2 aromatic carbocycles. The summed E-state index contributed by atoms with van der Waals surface area (Å²) in [6.07, 6.45) is 9.28. The van der Waals surface area contributed by atoms with Gasteiger partial charge >= 0.3 is 0 Å². The number of rotatable bonds is 8. The molecule has 1 aliphatic carbocycles. The van der Waals surface area contributed by atoms with E-state index in [1.165, 1.54) is 42.0 Å². The number of benzene rings is 2.